The lowest BCUT2D eigenvalue weighted by molar-refractivity contribution is -0.137. The van der Waals surface area contributed by atoms with Gasteiger partial charge in [-0.2, -0.15) is 13.2 Å². The highest BCUT2D eigenvalue weighted by atomic mass is 35.5. The van der Waals surface area contributed by atoms with Crippen LogP contribution in [0.3, 0.4) is 0 Å². The summed E-state index contributed by atoms with van der Waals surface area (Å²) < 4.78 is 54.0. The number of nitrogens with zero attached hydrogens (tertiary/aromatic N) is 1. The first kappa shape index (κ1) is 22.5. The van der Waals surface area contributed by atoms with E-state index in [1.807, 2.05) is 13.8 Å². The summed E-state index contributed by atoms with van der Waals surface area (Å²) in [5, 5.41) is -0.0294. The summed E-state index contributed by atoms with van der Waals surface area (Å²) in [6.07, 6.45) is -4.30. The van der Waals surface area contributed by atoms with Crippen LogP contribution < -0.4 is 4.90 Å². The van der Waals surface area contributed by atoms with Crippen molar-refractivity contribution in [3.63, 3.8) is 0 Å². The Bertz CT molecular complexity index is 1150. The van der Waals surface area contributed by atoms with E-state index in [0.717, 1.165) is 23.1 Å². The van der Waals surface area contributed by atoms with Crippen molar-refractivity contribution in [3.05, 3.63) is 75.7 Å². The zero-order chi connectivity index (χ0) is 23.4. The van der Waals surface area contributed by atoms with Crippen LogP contribution in [0.25, 0.3) is 0 Å². The molecular formula is C24H20ClF4NO2. The Kier molecular flexibility index (Phi) is 5.44. The summed E-state index contributed by atoms with van der Waals surface area (Å²) in [6.45, 7) is 3.72. The zero-order valence-electron chi connectivity index (χ0n) is 17.4. The van der Waals surface area contributed by atoms with E-state index in [1.54, 1.807) is 6.07 Å². The van der Waals surface area contributed by atoms with Gasteiger partial charge in [-0.3, -0.25) is 14.5 Å². The van der Waals surface area contributed by atoms with Crippen LogP contribution in [0, 0.1) is 11.2 Å². The summed E-state index contributed by atoms with van der Waals surface area (Å²) in [5.74, 6) is -1.86. The van der Waals surface area contributed by atoms with E-state index in [9.17, 15) is 27.2 Å². The molecule has 0 fully saturated rings. The van der Waals surface area contributed by atoms with E-state index in [2.05, 4.69) is 0 Å². The number of halogens is 5. The second kappa shape index (κ2) is 7.73. The number of alkyl halides is 3. The topological polar surface area (TPSA) is 37.4 Å². The molecule has 168 valence electrons. The molecule has 8 heteroatoms. The molecule has 0 radical (unpaired) electrons. The van der Waals surface area contributed by atoms with Gasteiger partial charge in [0.05, 0.1) is 16.3 Å². The van der Waals surface area contributed by atoms with E-state index in [0.29, 0.717) is 16.8 Å². The molecule has 1 amide bonds. The highest BCUT2D eigenvalue weighted by molar-refractivity contribution is 6.34. The lowest BCUT2D eigenvalue weighted by Gasteiger charge is -2.43. The predicted molar refractivity (Wildman–Crippen MR) is 113 cm³/mol. The van der Waals surface area contributed by atoms with Gasteiger partial charge in [-0.25, -0.2) is 4.39 Å². The van der Waals surface area contributed by atoms with Gasteiger partial charge in [0.25, 0.3) is 0 Å². The van der Waals surface area contributed by atoms with E-state index >= 15 is 0 Å². The molecule has 0 bridgehead atoms. The molecule has 0 saturated heterocycles. The molecular weight excluding hydrogens is 446 g/mol. The molecule has 1 aliphatic heterocycles. The smallest absolute Gasteiger partial charge is 0.294 e. The van der Waals surface area contributed by atoms with Crippen molar-refractivity contribution in [1.82, 2.24) is 0 Å². The van der Waals surface area contributed by atoms with Crippen LogP contribution in [0.4, 0.5) is 23.2 Å². The maximum absolute atomic E-state index is 13.9. The summed E-state index contributed by atoms with van der Waals surface area (Å²) in [5.41, 5.74) is -0.413. The van der Waals surface area contributed by atoms with Crippen LogP contribution in [0.15, 0.2) is 53.7 Å². The highest BCUT2D eigenvalue weighted by Crippen LogP contribution is 2.49. The average molecular weight is 466 g/mol. The van der Waals surface area contributed by atoms with Crippen LogP contribution in [0.1, 0.15) is 50.2 Å². The van der Waals surface area contributed by atoms with Gasteiger partial charge in [0, 0.05) is 30.0 Å². The van der Waals surface area contributed by atoms with Gasteiger partial charge in [0.1, 0.15) is 5.82 Å². The van der Waals surface area contributed by atoms with Crippen molar-refractivity contribution in [2.45, 2.75) is 45.2 Å². The van der Waals surface area contributed by atoms with Crippen molar-refractivity contribution in [2.24, 2.45) is 5.41 Å². The molecule has 4 rings (SSSR count). The number of allylic oxidation sites excluding steroid dienone is 2. The van der Waals surface area contributed by atoms with Crippen LogP contribution >= 0.6 is 11.6 Å². The molecule has 1 aliphatic carbocycles. The van der Waals surface area contributed by atoms with E-state index in [-0.39, 0.29) is 35.8 Å². The number of carbonyl (C=O) groups excluding carboxylic acids is 2. The number of benzene rings is 2. The third-order valence-corrected chi connectivity index (χ3v) is 6.23. The SMILES string of the molecule is CC1(C)CC(=O)C2=C(C1)N(c1cc(C(F)(F)F)ccc1Cl)C(=O)CC2c1cccc(F)c1. The number of Topliss-reactive ketones (excluding diaryl/α,β-unsaturated/α-hetero) is 1. The number of ketones is 1. The van der Waals surface area contributed by atoms with Gasteiger partial charge < -0.3 is 0 Å². The summed E-state index contributed by atoms with van der Waals surface area (Å²) in [7, 11) is 0. The second-order valence-electron chi connectivity index (χ2n) is 9.01. The number of anilines is 1. The maximum atomic E-state index is 13.9. The fraction of sp³-hybridized carbons (Fsp3) is 0.333. The lowest BCUT2D eigenvalue weighted by Crippen LogP contribution is -2.44. The number of hydrogen-bond donors (Lipinski definition) is 0. The predicted octanol–water partition coefficient (Wildman–Crippen LogP) is 6.66. The zero-order valence-corrected chi connectivity index (χ0v) is 18.1. The standard InChI is InChI=1S/C24H20ClF4NO2/c1-23(2)11-19-22(20(31)12-23)16(13-4-3-5-15(26)8-13)10-21(32)30(19)18-9-14(24(27,28)29)6-7-17(18)25/h3-9,16H,10-12H2,1-2H3. The molecule has 0 saturated carbocycles. The van der Waals surface area contributed by atoms with Crippen LogP contribution in [-0.4, -0.2) is 11.7 Å². The fourth-order valence-electron chi connectivity index (χ4n) is 4.56. The molecule has 0 aromatic heterocycles. The Labute approximate surface area is 187 Å². The van der Waals surface area contributed by atoms with E-state index < -0.39 is 34.8 Å². The molecule has 0 N–H and O–H groups in total. The minimum atomic E-state index is -4.62. The molecule has 1 heterocycles. The third-order valence-electron chi connectivity index (χ3n) is 5.91. The van der Waals surface area contributed by atoms with Crippen molar-refractivity contribution in [3.8, 4) is 0 Å². The minimum Gasteiger partial charge on any atom is -0.294 e. The first-order valence-corrected chi connectivity index (χ1v) is 10.5. The van der Waals surface area contributed by atoms with Crippen molar-refractivity contribution in [1.29, 1.82) is 0 Å². The molecule has 2 aromatic rings. The number of rotatable bonds is 2. The van der Waals surface area contributed by atoms with Gasteiger partial charge in [-0.15, -0.1) is 0 Å². The second-order valence-corrected chi connectivity index (χ2v) is 9.41. The Hall–Kier alpha value is -2.67. The van der Waals surface area contributed by atoms with Gasteiger partial charge >= 0.3 is 6.18 Å². The average Bonchev–Trinajstić information content (AvgIpc) is 2.66. The quantitative estimate of drug-likeness (QED) is 0.465. The van der Waals surface area contributed by atoms with Crippen molar-refractivity contribution < 1.29 is 27.2 Å². The first-order chi connectivity index (χ1) is 14.9. The monoisotopic (exact) mass is 465 g/mol. The number of carbonyl (C=O) groups is 2. The lowest BCUT2D eigenvalue weighted by atomic mass is 9.69. The largest absolute Gasteiger partial charge is 0.416 e. The van der Waals surface area contributed by atoms with E-state index in [4.69, 9.17) is 11.6 Å². The number of hydrogen-bond acceptors (Lipinski definition) is 2. The van der Waals surface area contributed by atoms with Gasteiger partial charge in [0.2, 0.25) is 5.91 Å². The molecule has 0 spiro atoms. The Balaban J connectivity index is 1.94. The summed E-state index contributed by atoms with van der Waals surface area (Å²) in [4.78, 5) is 27.7. The highest BCUT2D eigenvalue weighted by Gasteiger charge is 2.45. The Morgan fingerprint density at radius 1 is 1.06 bits per heavy atom. The minimum absolute atomic E-state index is 0.0294. The van der Waals surface area contributed by atoms with Crippen LogP contribution in [-0.2, 0) is 15.8 Å². The van der Waals surface area contributed by atoms with Crippen molar-refractivity contribution >= 4 is 29.0 Å². The third kappa shape index (κ3) is 4.06. The van der Waals surface area contributed by atoms with Crippen LogP contribution in [0.5, 0.6) is 0 Å². The molecule has 2 aromatic carbocycles. The molecule has 32 heavy (non-hydrogen) atoms. The molecule has 1 atom stereocenters. The first-order valence-electron chi connectivity index (χ1n) is 10.1. The van der Waals surface area contributed by atoms with Gasteiger partial charge in [-0.1, -0.05) is 37.6 Å². The number of amides is 1. The molecule has 2 aliphatic rings. The fourth-order valence-corrected chi connectivity index (χ4v) is 4.77. The molecule has 1 unspecified atom stereocenters. The normalized spacial score (nSPS) is 21.1. The van der Waals surface area contributed by atoms with Crippen LogP contribution in [0.2, 0.25) is 5.02 Å². The Morgan fingerprint density at radius 3 is 2.44 bits per heavy atom. The van der Waals surface area contributed by atoms with Crippen molar-refractivity contribution in [2.75, 3.05) is 4.90 Å². The van der Waals surface area contributed by atoms with Gasteiger partial charge in [-0.05, 0) is 47.7 Å². The maximum Gasteiger partial charge on any atom is 0.416 e. The van der Waals surface area contributed by atoms with E-state index in [1.165, 1.54) is 18.2 Å². The Morgan fingerprint density at radius 2 is 1.78 bits per heavy atom. The van der Waals surface area contributed by atoms with Gasteiger partial charge in [0.15, 0.2) is 5.78 Å². The summed E-state index contributed by atoms with van der Waals surface area (Å²) >= 11 is 6.24. The molecule has 3 nitrogen and oxygen atoms in total. The summed E-state index contributed by atoms with van der Waals surface area (Å²) in [6, 6.07) is 8.48.